The summed E-state index contributed by atoms with van der Waals surface area (Å²) in [7, 11) is 0. The Morgan fingerprint density at radius 1 is 1.29 bits per heavy atom. The molecule has 1 heterocycles. The highest BCUT2D eigenvalue weighted by molar-refractivity contribution is 5.76. The number of carbonyl (C=O) groups excluding carboxylic acids is 1. The third kappa shape index (κ3) is 3.91. The summed E-state index contributed by atoms with van der Waals surface area (Å²) in [5, 5.41) is 3.14. The summed E-state index contributed by atoms with van der Waals surface area (Å²) in [6, 6.07) is 10.2. The van der Waals surface area contributed by atoms with Crippen LogP contribution in [0.25, 0.3) is 0 Å². The number of rotatable bonds is 6. The van der Waals surface area contributed by atoms with Crippen molar-refractivity contribution in [2.45, 2.75) is 45.6 Å². The maximum atomic E-state index is 12.4. The van der Waals surface area contributed by atoms with E-state index in [-0.39, 0.29) is 17.5 Å². The van der Waals surface area contributed by atoms with Crippen LogP contribution in [0.1, 0.15) is 47.9 Å². The molecule has 1 aliphatic rings. The molecule has 1 saturated carbocycles. The van der Waals surface area contributed by atoms with Crippen molar-refractivity contribution in [3.05, 3.63) is 63.3 Å². The largest absolute Gasteiger partial charge is 0.349 e. The lowest BCUT2D eigenvalue weighted by Gasteiger charge is -2.19. The molecule has 1 unspecified atom stereocenters. The first-order valence-corrected chi connectivity index (χ1v) is 8.45. The average molecular weight is 325 g/mol. The van der Waals surface area contributed by atoms with E-state index in [2.05, 4.69) is 27.4 Å². The van der Waals surface area contributed by atoms with E-state index >= 15 is 0 Å². The molecule has 2 N–H and O–H groups in total. The summed E-state index contributed by atoms with van der Waals surface area (Å²) in [6.45, 7) is 3.57. The monoisotopic (exact) mass is 325 g/mol. The first kappa shape index (κ1) is 16.4. The lowest BCUT2D eigenvalue weighted by Crippen LogP contribution is -2.30. The Hall–Kier alpha value is -2.43. The second kappa shape index (κ2) is 6.99. The van der Waals surface area contributed by atoms with Gasteiger partial charge in [-0.15, -0.1) is 0 Å². The van der Waals surface area contributed by atoms with Crippen LogP contribution in [0.2, 0.25) is 0 Å². The predicted octanol–water partition coefficient (Wildman–Crippen LogP) is 2.59. The number of nitrogens with one attached hydrogen (secondary N) is 2. The zero-order valence-electron chi connectivity index (χ0n) is 14.1. The molecule has 5 heteroatoms. The summed E-state index contributed by atoms with van der Waals surface area (Å²) in [5.41, 5.74) is 2.30. The molecule has 1 fully saturated rings. The molecule has 1 amide bonds. The van der Waals surface area contributed by atoms with Crippen LogP contribution in [0.15, 0.2) is 35.1 Å². The molecule has 0 saturated heterocycles. The molecule has 0 spiro atoms. The maximum absolute atomic E-state index is 12.4. The number of carbonyl (C=O) groups is 1. The Labute approximate surface area is 141 Å². The van der Waals surface area contributed by atoms with Crippen LogP contribution in [0.5, 0.6) is 0 Å². The van der Waals surface area contributed by atoms with Crippen LogP contribution in [0, 0.1) is 19.8 Å². The minimum atomic E-state index is -0.144. The van der Waals surface area contributed by atoms with Crippen molar-refractivity contribution in [1.29, 1.82) is 0 Å². The van der Waals surface area contributed by atoms with Crippen LogP contribution in [0.4, 0.5) is 0 Å². The number of aromatic nitrogens is 2. The van der Waals surface area contributed by atoms with E-state index < -0.39 is 0 Å². The third-order valence-corrected chi connectivity index (χ3v) is 4.51. The third-order valence-electron chi connectivity index (χ3n) is 4.51. The first-order valence-electron chi connectivity index (χ1n) is 8.45. The van der Waals surface area contributed by atoms with Crippen molar-refractivity contribution in [3.8, 4) is 0 Å². The van der Waals surface area contributed by atoms with Gasteiger partial charge in [-0.3, -0.25) is 9.59 Å². The van der Waals surface area contributed by atoms with Gasteiger partial charge < -0.3 is 10.3 Å². The molecule has 1 aromatic carbocycles. The Bertz CT molecular complexity index is 779. The molecule has 1 aromatic heterocycles. The van der Waals surface area contributed by atoms with Crippen LogP contribution < -0.4 is 10.9 Å². The molecule has 5 nitrogen and oxygen atoms in total. The molecule has 1 atom stereocenters. The standard InChI is InChI=1S/C19H23N3O2/c1-12-16(19(24)21-13(2)20-12)10-11-17(23)22-18(15-8-9-15)14-6-4-3-5-7-14/h3-7,15,18H,8-11H2,1-2H3,(H,22,23)(H,20,21,24). The molecule has 0 radical (unpaired) electrons. The van der Waals surface area contributed by atoms with E-state index in [1.807, 2.05) is 25.1 Å². The number of H-pyrrole nitrogens is 1. The summed E-state index contributed by atoms with van der Waals surface area (Å²) in [5.74, 6) is 1.11. The molecule has 24 heavy (non-hydrogen) atoms. The second-order valence-corrected chi connectivity index (χ2v) is 6.51. The normalized spacial score (nSPS) is 15.1. The van der Waals surface area contributed by atoms with Crippen molar-refractivity contribution in [2.24, 2.45) is 5.92 Å². The SMILES string of the molecule is Cc1nc(C)c(CCC(=O)NC(c2ccccc2)C2CC2)c(=O)[nH]1. The van der Waals surface area contributed by atoms with E-state index in [1.54, 1.807) is 6.92 Å². The van der Waals surface area contributed by atoms with Gasteiger partial charge in [-0.05, 0) is 44.6 Å². The molecular weight excluding hydrogens is 302 g/mol. The number of hydrogen-bond donors (Lipinski definition) is 2. The highest BCUT2D eigenvalue weighted by atomic mass is 16.1. The number of aryl methyl sites for hydroxylation is 2. The molecule has 126 valence electrons. The Morgan fingerprint density at radius 3 is 2.62 bits per heavy atom. The summed E-state index contributed by atoms with van der Waals surface area (Å²) in [4.78, 5) is 31.4. The van der Waals surface area contributed by atoms with Gasteiger partial charge in [0.25, 0.3) is 5.56 Å². The Balaban J connectivity index is 1.64. The summed E-state index contributed by atoms with van der Waals surface area (Å²) >= 11 is 0. The van der Waals surface area contributed by atoms with Crippen molar-refractivity contribution >= 4 is 5.91 Å². The molecular formula is C19H23N3O2. The van der Waals surface area contributed by atoms with Gasteiger partial charge in [0, 0.05) is 17.7 Å². The number of hydrogen-bond acceptors (Lipinski definition) is 3. The van der Waals surface area contributed by atoms with Crippen LogP contribution in [0.3, 0.4) is 0 Å². The van der Waals surface area contributed by atoms with Crippen molar-refractivity contribution < 1.29 is 4.79 Å². The minimum Gasteiger partial charge on any atom is -0.349 e. The molecule has 3 rings (SSSR count). The lowest BCUT2D eigenvalue weighted by molar-refractivity contribution is -0.122. The Morgan fingerprint density at radius 2 is 2.00 bits per heavy atom. The highest BCUT2D eigenvalue weighted by Gasteiger charge is 2.33. The predicted molar refractivity (Wildman–Crippen MR) is 92.7 cm³/mol. The molecule has 2 aromatic rings. The number of amides is 1. The van der Waals surface area contributed by atoms with Crippen molar-refractivity contribution in [1.82, 2.24) is 15.3 Å². The van der Waals surface area contributed by atoms with E-state index in [4.69, 9.17) is 0 Å². The number of nitrogens with zero attached hydrogens (tertiary/aromatic N) is 1. The van der Waals surface area contributed by atoms with E-state index in [0.717, 1.165) is 18.4 Å². The van der Waals surface area contributed by atoms with Gasteiger partial charge in [-0.25, -0.2) is 4.98 Å². The quantitative estimate of drug-likeness (QED) is 0.857. The zero-order valence-corrected chi connectivity index (χ0v) is 14.1. The Kier molecular flexibility index (Phi) is 4.79. The van der Waals surface area contributed by atoms with Crippen molar-refractivity contribution in [2.75, 3.05) is 0 Å². The lowest BCUT2D eigenvalue weighted by atomic mass is 10.0. The fourth-order valence-corrected chi connectivity index (χ4v) is 3.09. The summed E-state index contributed by atoms with van der Waals surface area (Å²) < 4.78 is 0. The van der Waals surface area contributed by atoms with Crippen LogP contribution in [-0.2, 0) is 11.2 Å². The van der Waals surface area contributed by atoms with Crippen LogP contribution in [-0.4, -0.2) is 15.9 Å². The fraction of sp³-hybridized carbons (Fsp3) is 0.421. The average Bonchev–Trinajstić information content (AvgIpc) is 3.37. The molecule has 1 aliphatic carbocycles. The van der Waals surface area contributed by atoms with Gasteiger partial charge in [0.15, 0.2) is 0 Å². The first-order chi connectivity index (χ1) is 11.5. The van der Waals surface area contributed by atoms with E-state index in [1.165, 1.54) is 0 Å². The molecule has 0 bridgehead atoms. The van der Waals surface area contributed by atoms with Gasteiger partial charge >= 0.3 is 0 Å². The topological polar surface area (TPSA) is 74.8 Å². The summed E-state index contributed by atoms with van der Waals surface area (Å²) in [6.07, 6.45) is 3.01. The van der Waals surface area contributed by atoms with E-state index in [9.17, 15) is 9.59 Å². The van der Waals surface area contributed by atoms with Crippen LogP contribution >= 0.6 is 0 Å². The van der Waals surface area contributed by atoms with Gasteiger partial charge in [0.2, 0.25) is 5.91 Å². The van der Waals surface area contributed by atoms with Gasteiger partial charge in [-0.2, -0.15) is 0 Å². The van der Waals surface area contributed by atoms with Gasteiger partial charge in [-0.1, -0.05) is 30.3 Å². The fourth-order valence-electron chi connectivity index (χ4n) is 3.09. The highest BCUT2D eigenvalue weighted by Crippen LogP contribution is 2.40. The smallest absolute Gasteiger partial charge is 0.254 e. The number of aromatic amines is 1. The number of benzene rings is 1. The molecule has 0 aliphatic heterocycles. The zero-order chi connectivity index (χ0) is 17.1. The minimum absolute atomic E-state index is 0.0184. The van der Waals surface area contributed by atoms with Gasteiger partial charge in [0.1, 0.15) is 5.82 Å². The maximum Gasteiger partial charge on any atom is 0.254 e. The second-order valence-electron chi connectivity index (χ2n) is 6.51. The van der Waals surface area contributed by atoms with Crippen molar-refractivity contribution in [3.63, 3.8) is 0 Å². The van der Waals surface area contributed by atoms with Gasteiger partial charge in [0.05, 0.1) is 6.04 Å². The van der Waals surface area contributed by atoms with E-state index in [0.29, 0.717) is 35.8 Å².